The maximum Gasteiger partial charge on any atom is 0.00768 e. The van der Waals surface area contributed by atoms with Gasteiger partial charge in [0.25, 0.3) is 0 Å². The highest BCUT2D eigenvalue weighted by atomic mass is 14.9. The summed E-state index contributed by atoms with van der Waals surface area (Å²) in [5, 5.41) is 9.60. The van der Waals surface area contributed by atoms with Crippen molar-refractivity contribution in [3.8, 4) is 0 Å². The first-order valence-corrected chi connectivity index (χ1v) is 7.65. The molecule has 2 heteroatoms. The normalized spacial score (nSPS) is 11.3. The lowest BCUT2D eigenvalue weighted by Gasteiger charge is -2.09. The van der Waals surface area contributed by atoms with E-state index in [0.717, 1.165) is 38.5 Å². The zero-order valence-electron chi connectivity index (χ0n) is 12.7. The van der Waals surface area contributed by atoms with Crippen molar-refractivity contribution in [1.29, 1.82) is 0 Å². The summed E-state index contributed by atoms with van der Waals surface area (Å²) < 4.78 is 0. The second kappa shape index (κ2) is 8.03. The van der Waals surface area contributed by atoms with Crippen molar-refractivity contribution in [2.45, 2.75) is 20.3 Å². The van der Waals surface area contributed by atoms with Crippen LogP contribution in [-0.2, 0) is 6.42 Å². The SMILES string of the molecule is CC(C)CNCCNCCc1ccc2ccccc2c1. The van der Waals surface area contributed by atoms with E-state index in [1.54, 1.807) is 0 Å². The molecule has 0 spiro atoms. The second-order valence-electron chi connectivity index (χ2n) is 5.78. The van der Waals surface area contributed by atoms with Crippen LogP contribution in [0, 0.1) is 5.92 Å². The lowest BCUT2D eigenvalue weighted by Crippen LogP contribution is -2.30. The number of benzene rings is 2. The van der Waals surface area contributed by atoms with Gasteiger partial charge >= 0.3 is 0 Å². The molecule has 0 saturated heterocycles. The average Bonchev–Trinajstić information content (AvgIpc) is 2.46. The van der Waals surface area contributed by atoms with Gasteiger partial charge in [0.15, 0.2) is 0 Å². The van der Waals surface area contributed by atoms with Gasteiger partial charge in [0, 0.05) is 13.1 Å². The average molecular weight is 270 g/mol. The molecular weight excluding hydrogens is 244 g/mol. The van der Waals surface area contributed by atoms with E-state index in [9.17, 15) is 0 Å². The van der Waals surface area contributed by atoms with Crippen LogP contribution in [0.3, 0.4) is 0 Å². The van der Waals surface area contributed by atoms with Crippen molar-refractivity contribution < 1.29 is 0 Å². The highest BCUT2D eigenvalue weighted by Crippen LogP contribution is 2.15. The molecule has 0 atom stereocenters. The number of nitrogens with one attached hydrogen (secondary N) is 2. The van der Waals surface area contributed by atoms with Crippen LogP contribution in [0.15, 0.2) is 42.5 Å². The van der Waals surface area contributed by atoms with Crippen LogP contribution in [0.2, 0.25) is 0 Å². The Labute approximate surface area is 122 Å². The van der Waals surface area contributed by atoms with E-state index >= 15 is 0 Å². The Morgan fingerprint density at radius 2 is 1.60 bits per heavy atom. The van der Waals surface area contributed by atoms with E-state index in [1.807, 2.05) is 0 Å². The zero-order chi connectivity index (χ0) is 14.2. The summed E-state index contributed by atoms with van der Waals surface area (Å²) in [4.78, 5) is 0. The molecule has 2 aromatic carbocycles. The van der Waals surface area contributed by atoms with Crippen LogP contribution in [-0.4, -0.2) is 26.2 Å². The van der Waals surface area contributed by atoms with Gasteiger partial charge in [-0.3, -0.25) is 0 Å². The summed E-state index contributed by atoms with van der Waals surface area (Å²) in [5.41, 5.74) is 1.41. The van der Waals surface area contributed by atoms with Crippen molar-refractivity contribution in [1.82, 2.24) is 10.6 Å². The van der Waals surface area contributed by atoms with Gasteiger partial charge in [-0.1, -0.05) is 56.3 Å². The second-order valence-corrected chi connectivity index (χ2v) is 5.78. The van der Waals surface area contributed by atoms with E-state index in [-0.39, 0.29) is 0 Å². The minimum atomic E-state index is 0.729. The summed E-state index contributed by atoms with van der Waals surface area (Å²) in [7, 11) is 0. The standard InChI is InChI=1S/C18H26N2/c1-15(2)14-20-12-11-19-10-9-16-7-8-17-5-3-4-6-18(17)13-16/h3-8,13,15,19-20H,9-12,14H2,1-2H3. The third kappa shape index (κ3) is 4.95. The molecular formula is C18H26N2. The predicted molar refractivity (Wildman–Crippen MR) is 88.2 cm³/mol. The van der Waals surface area contributed by atoms with Gasteiger partial charge < -0.3 is 10.6 Å². The van der Waals surface area contributed by atoms with E-state index in [4.69, 9.17) is 0 Å². The van der Waals surface area contributed by atoms with Gasteiger partial charge in [-0.05, 0) is 41.8 Å². The first kappa shape index (κ1) is 15.0. The first-order chi connectivity index (χ1) is 9.75. The van der Waals surface area contributed by atoms with E-state index in [1.165, 1.54) is 16.3 Å². The molecule has 0 aliphatic heterocycles. The Hall–Kier alpha value is -1.38. The van der Waals surface area contributed by atoms with E-state index in [2.05, 4.69) is 66.9 Å². The molecule has 0 saturated carbocycles. The third-order valence-electron chi connectivity index (χ3n) is 3.44. The predicted octanol–water partition coefficient (Wildman–Crippen LogP) is 3.22. The first-order valence-electron chi connectivity index (χ1n) is 7.65. The zero-order valence-corrected chi connectivity index (χ0v) is 12.7. The maximum absolute atomic E-state index is 3.49. The van der Waals surface area contributed by atoms with Crippen LogP contribution >= 0.6 is 0 Å². The molecule has 2 aromatic rings. The van der Waals surface area contributed by atoms with Crippen molar-refractivity contribution in [3.63, 3.8) is 0 Å². The lowest BCUT2D eigenvalue weighted by atomic mass is 10.1. The van der Waals surface area contributed by atoms with Crippen molar-refractivity contribution in [2.75, 3.05) is 26.2 Å². The highest BCUT2D eigenvalue weighted by molar-refractivity contribution is 5.82. The maximum atomic E-state index is 3.49. The minimum absolute atomic E-state index is 0.729. The summed E-state index contributed by atoms with van der Waals surface area (Å²) in [5.74, 6) is 0.729. The number of hydrogen-bond acceptors (Lipinski definition) is 2. The topological polar surface area (TPSA) is 24.1 Å². The Balaban J connectivity index is 1.68. The smallest absolute Gasteiger partial charge is 0.00768 e. The van der Waals surface area contributed by atoms with Crippen molar-refractivity contribution >= 4 is 10.8 Å². The molecule has 0 unspecified atom stereocenters. The quantitative estimate of drug-likeness (QED) is 0.720. The summed E-state index contributed by atoms with van der Waals surface area (Å²) in [6, 6.07) is 15.3. The van der Waals surface area contributed by atoms with Crippen LogP contribution in [0.5, 0.6) is 0 Å². The van der Waals surface area contributed by atoms with Crippen LogP contribution in [0.1, 0.15) is 19.4 Å². The molecule has 0 aliphatic carbocycles. The van der Waals surface area contributed by atoms with Crippen LogP contribution in [0.4, 0.5) is 0 Å². The van der Waals surface area contributed by atoms with Gasteiger partial charge in [0.05, 0.1) is 0 Å². The molecule has 20 heavy (non-hydrogen) atoms. The lowest BCUT2D eigenvalue weighted by molar-refractivity contribution is 0.536. The largest absolute Gasteiger partial charge is 0.315 e. The minimum Gasteiger partial charge on any atom is -0.315 e. The molecule has 2 nitrogen and oxygen atoms in total. The Morgan fingerprint density at radius 1 is 0.850 bits per heavy atom. The molecule has 0 aromatic heterocycles. The fourth-order valence-corrected chi connectivity index (χ4v) is 2.32. The number of hydrogen-bond donors (Lipinski definition) is 2. The van der Waals surface area contributed by atoms with E-state index < -0.39 is 0 Å². The fourth-order valence-electron chi connectivity index (χ4n) is 2.32. The molecule has 2 N–H and O–H groups in total. The highest BCUT2D eigenvalue weighted by Gasteiger charge is 1.97. The van der Waals surface area contributed by atoms with Crippen molar-refractivity contribution in [3.05, 3.63) is 48.0 Å². The Bertz CT molecular complexity index is 520. The molecule has 0 aliphatic rings. The number of fused-ring (bicyclic) bond motifs is 1. The van der Waals surface area contributed by atoms with Crippen LogP contribution in [0.25, 0.3) is 10.8 Å². The molecule has 0 bridgehead atoms. The van der Waals surface area contributed by atoms with Gasteiger partial charge in [-0.2, -0.15) is 0 Å². The monoisotopic (exact) mass is 270 g/mol. The summed E-state index contributed by atoms with van der Waals surface area (Å²) >= 11 is 0. The number of rotatable bonds is 8. The van der Waals surface area contributed by atoms with Crippen LogP contribution < -0.4 is 10.6 Å². The summed E-state index contributed by atoms with van der Waals surface area (Å²) in [6.07, 6.45) is 1.09. The van der Waals surface area contributed by atoms with Gasteiger partial charge in [0.2, 0.25) is 0 Å². The fraction of sp³-hybridized carbons (Fsp3) is 0.444. The third-order valence-corrected chi connectivity index (χ3v) is 3.44. The van der Waals surface area contributed by atoms with E-state index in [0.29, 0.717) is 0 Å². The molecule has 108 valence electrons. The van der Waals surface area contributed by atoms with Crippen molar-refractivity contribution in [2.24, 2.45) is 5.92 Å². The molecule has 0 amide bonds. The molecule has 0 heterocycles. The summed E-state index contributed by atoms with van der Waals surface area (Å²) in [6.45, 7) is 8.71. The Kier molecular flexibility index (Phi) is 6.03. The Morgan fingerprint density at radius 3 is 2.40 bits per heavy atom. The van der Waals surface area contributed by atoms with Gasteiger partial charge in [0.1, 0.15) is 0 Å². The van der Waals surface area contributed by atoms with Gasteiger partial charge in [-0.25, -0.2) is 0 Å². The van der Waals surface area contributed by atoms with Gasteiger partial charge in [-0.15, -0.1) is 0 Å². The molecule has 0 radical (unpaired) electrons. The molecule has 2 rings (SSSR count). The molecule has 0 fully saturated rings.